The maximum absolute atomic E-state index is 9.33. The van der Waals surface area contributed by atoms with Gasteiger partial charge in [0, 0.05) is 5.92 Å². The van der Waals surface area contributed by atoms with Gasteiger partial charge in [0.2, 0.25) is 0 Å². The lowest BCUT2D eigenvalue weighted by Gasteiger charge is -2.20. The van der Waals surface area contributed by atoms with Gasteiger partial charge in [-0.3, -0.25) is 0 Å². The zero-order valence-electron chi connectivity index (χ0n) is 7.04. The van der Waals surface area contributed by atoms with Crippen molar-refractivity contribution in [3.8, 4) is 0 Å². The number of hydrogen-bond acceptors (Lipinski definition) is 2. The Hall–Kier alpha value is -0.0800. The first-order valence-corrected chi connectivity index (χ1v) is 3.95. The van der Waals surface area contributed by atoms with Gasteiger partial charge in [-0.25, -0.2) is 0 Å². The Morgan fingerprint density at radius 1 is 1.20 bits per heavy atom. The normalized spacial score (nSPS) is 20.1. The molecule has 0 fully saturated rings. The van der Waals surface area contributed by atoms with Crippen molar-refractivity contribution in [1.82, 2.24) is 0 Å². The lowest BCUT2D eigenvalue weighted by molar-refractivity contribution is 0.0268. The minimum absolute atomic E-state index is 0.0000463. The molecule has 2 N–H and O–H groups in total. The predicted octanol–water partition coefficient (Wildman–Crippen LogP) is 1.16. The molecule has 0 aromatic carbocycles. The Morgan fingerprint density at radius 2 is 1.70 bits per heavy atom. The molecule has 0 aliphatic rings. The number of hydrogen-bond donors (Lipinski definition) is 2. The van der Waals surface area contributed by atoms with E-state index in [2.05, 4.69) is 0 Å². The van der Waals surface area contributed by atoms with Gasteiger partial charge in [0.25, 0.3) is 0 Å². The van der Waals surface area contributed by atoms with Crippen molar-refractivity contribution in [1.29, 1.82) is 0 Å². The van der Waals surface area contributed by atoms with Gasteiger partial charge in [-0.2, -0.15) is 0 Å². The Morgan fingerprint density at radius 3 is 2.00 bits per heavy atom. The van der Waals surface area contributed by atoms with Gasteiger partial charge in [0.15, 0.2) is 0 Å². The first-order valence-electron chi connectivity index (χ1n) is 3.95. The summed E-state index contributed by atoms with van der Waals surface area (Å²) >= 11 is 0. The summed E-state index contributed by atoms with van der Waals surface area (Å²) in [5.74, 6) is -0.0000463. The van der Waals surface area contributed by atoms with E-state index in [4.69, 9.17) is 5.11 Å². The third-order valence-corrected chi connectivity index (χ3v) is 1.95. The highest BCUT2D eigenvalue weighted by molar-refractivity contribution is 4.67. The third-order valence-electron chi connectivity index (χ3n) is 1.95. The molecule has 0 aliphatic heterocycles. The van der Waals surface area contributed by atoms with Gasteiger partial charge in [0.05, 0.1) is 12.2 Å². The van der Waals surface area contributed by atoms with Crippen molar-refractivity contribution in [2.45, 2.75) is 45.8 Å². The van der Waals surface area contributed by atoms with E-state index in [-0.39, 0.29) is 12.0 Å². The molecule has 10 heavy (non-hydrogen) atoms. The van der Waals surface area contributed by atoms with Gasteiger partial charge in [-0.05, 0) is 13.3 Å². The van der Waals surface area contributed by atoms with Crippen LogP contribution in [-0.4, -0.2) is 22.4 Å². The average Bonchev–Trinajstić information content (AvgIpc) is 1.87. The van der Waals surface area contributed by atoms with E-state index >= 15 is 0 Å². The first kappa shape index (κ1) is 9.92. The molecule has 0 aromatic rings. The lowest BCUT2D eigenvalue weighted by atomic mass is 9.96. The smallest absolute Gasteiger partial charge is 0.0590 e. The highest BCUT2D eigenvalue weighted by atomic mass is 16.3. The maximum Gasteiger partial charge on any atom is 0.0590 e. The topological polar surface area (TPSA) is 40.5 Å². The zero-order chi connectivity index (χ0) is 8.15. The summed E-state index contributed by atoms with van der Waals surface area (Å²) in [4.78, 5) is 0. The standard InChI is InChI=1S/C8H18O2/c1-4-5-8(10)6(2)7(3)9/h6-10H,4-5H2,1-3H3/t6-,7+,8-/m0/s1. The second kappa shape index (κ2) is 4.69. The maximum atomic E-state index is 9.33. The second-order valence-corrected chi connectivity index (χ2v) is 2.96. The van der Waals surface area contributed by atoms with E-state index in [0.29, 0.717) is 0 Å². The Bertz CT molecular complexity index is 81.3. The molecule has 2 nitrogen and oxygen atoms in total. The molecule has 0 bridgehead atoms. The van der Waals surface area contributed by atoms with Crippen LogP contribution in [0.1, 0.15) is 33.6 Å². The van der Waals surface area contributed by atoms with Crippen LogP contribution in [-0.2, 0) is 0 Å². The molecular formula is C8H18O2. The summed E-state index contributed by atoms with van der Waals surface area (Å²) in [5.41, 5.74) is 0. The molecular weight excluding hydrogens is 128 g/mol. The van der Waals surface area contributed by atoms with Gasteiger partial charge in [-0.1, -0.05) is 20.3 Å². The van der Waals surface area contributed by atoms with Crippen LogP contribution in [0, 0.1) is 5.92 Å². The molecule has 0 rings (SSSR count). The molecule has 0 radical (unpaired) electrons. The molecule has 0 saturated carbocycles. The first-order chi connectivity index (χ1) is 4.59. The molecule has 62 valence electrons. The molecule has 0 saturated heterocycles. The highest BCUT2D eigenvalue weighted by Gasteiger charge is 2.17. The quantitative estimate of drug-likeness (QED) is 0.625. The van der Waals surface area contributed by atoms with Crippen molar-refractivity contribution in [3.05, 3.63) is 0 Å². The fraction of sp³-hybridized carbons (Fsp3) is 1.00. The molecule has 3 atom stereocenters. The SMILES string of the molecule is CCC[C@H](O)[C@@H](C)[C@@H](C)O. The summed E-state index contributed by atoms with van der Waals surface area (Å²) in [7, 11) is 0. The fourth-order valence-electron chi connectivity index (χ4n) is 0.880. The second-order valence-electron chi connectivity index (χ2n) is 2.96. The van der Waals surface area contributed by atoms with Crippen molar-refractivity contribution in [2.75, 3.05) is 0 Å². The summed E-state index contributed by atoms with van der Waals surface area (Å²) in [5, 5.41) is 18.4. The average molecular weight is 146 g/mol. The monoisotopic (exact) mass is 146 g/mol. The van der Waals surface area contributed by atoms with Crippen molar-refractivity contribution < 1.29 is 10.2 Å². The predicted molar refractivity (Wildman–Crippen MR) is 41.8 cm³/mol. The molecule has 0 spiro atoms. The Labute approximate surface area is 62.9 Å². The molecule has 0 aromatic heterocycles. The fourth-order valence-corrected chi connectivity index (χ4v) is 0.880. The van der Waals surface area contributed by atoms with Crippen LogP contribution in [0.3, 0.4) is 0 Å². The third kappa shape index (κ3) is 3.18. The number of aliphatic hydroxyl groups excluding tert-OH is 2. The summed E-state index contributed by atoms with van der Waals surface area (Å²) in [6, 6.07) is 0. The Kier molecular flexibility index (Phi) is 4.65. The van der Waals surface area contributed by atoms with Gasteiger partial charge >= 0.3 is 0 Å². The molecule has 0 unspecified atom stereocenters. The van der Waals surface area contributed by atoms with Crippen LogP contribution in [0.2, 0.25) is 0 Å². The van der Waals surface area contributed by atoms with Crippen LogP contribution in [0.5, 0.6) is 0 Å². The zero-order valence-corrected chi connectivity index (χ0v) is 7.04. The number of rotatable bonds is 4. The van der Waals surface area contributed by atoms with Gasteiger partial charge in [-0.15, -0.1) is 0 Å². The summed E-state index contributed by atoms with van der Waals surface area (Å²) < 4.78 is 0. The largest absolute Gasteiger partial charge is 0.393 e. The summed E-state index contributed by atoms with van der Waals surface area (Å²) in [6.07, 6.45) is 1.01. The number of aliphatic hydroxyl groups is 2. The van der Waals surface area contributed by atoms with Crippen LogP contribution in [0.25, 0.3) is 0 Å². The van der Waals surface area contributed by atoms with E-state index in [1.165, 1.54) is 0 Å². The van der Waals surface area contributed by atoms with Crippen LogP contribution in [0.4, 0.5) is 0 Å². The minimum Gasteiger partial charge on any atom is -0.393 e. The lowest BCUT2D eigenvalue weighted by Crippen LogP contribution is -2.26. The van der Waals surface area contributed by atoms with E-state index in [1.807, 2.05) is 13.8 Å². The Balaban J connectivity index is 3.58. The van der Waals surface area contributed by atoms with Gasteiger partial charge in [0.1, 0.15) is 0 Å². The molecule has 0 heterocycles. The van der Waals surface area contributed by atoms with Crippen LogP contribution >= 0.6 is 0 Å². The van der Waals surface area contributed by atoms with Crippen molar-refractivity contribution >= 4 is 0 Å². The van der Waals surface area contributed by atoms with E-state index in [1.54, 1.807) is 6.92 Å². The summed E-state index contributed by atoms with van der Waals surface area (Å²) in [6.45, 7) is 5.60. The molecule has 0 amide bonds. The van der Waals surface area contributed by atoms with Gasteiger partial charge < -0.3 is 10.2 Å². The van der Waals surface area contributed by atoms with Crippen LogP contribution < -0.4 is 0 Å². The van der Waals surface area contributed by atoms with Crippen LogP contribution in [0.15, 0.2) is 0 Å². The van der Waals surface area contributed by atoms with Crippen molar-refractivity contribution in [3.63, 3.8) is 0 Å². The molecule has 0 aliphatic carbocycles. The van der Waals surface area contributed by atoms with E-state index in [9.17, 15) is 5.11 Å². The molecule has 2 heteroatoms. The van der Waals surface area contributed by atoms with E-state index in [0.717, 1.165) is 12.8 Å². The highest BCUT2D eigenvalue weighted by Crippen LogP contribution is 2.12. The van der Waals surface area contributed by atoms with Crippen molar-refractivity contribution in [2.24, 2.45) is 5.92 Å². The minimum atomic E-state index is -0.401. The van der Waals surface area contributed by atoms with E-state index < -0.39 is 6.10 Å².